The summed E-state index contributed by atoms with van der Waals surface area (Å²) in [5, 5.41) is 0. The molecule has 1 aliphatic heterocycles. The first-order valence-electron chi connectivity index (χ1n) is 7.71. The lowest BCUT2D eigenvalue weighted by Crippen LogP contribution is -2.31. The van der Waals surface area contributed by atoms with Crippen LogP contribution in [0.3, 0.4) is 0 Å². The molecule has 0 radical (unpaired) electrons. The number of hydrogen-bond acceptors (Lipinski definition) is 4. The highest BCUT2D eigenvalue weighted by atomic mass is 31.2. The second kappa shape index (κ2) is 6.52. The molecule has 2 aromatic rings. The SMILES string of the molecule is COP(=O)(OC)[C@@H]1c2ccccc2C(=O)N1[C@@H](C)c1ccccc1. The molecule has 0 spiro atoms. The van der Waals surface area contributed by atoms with E-state index in [1.807, 2.05) is 43.3 Å². The summed E-state index contributed by atoms with van der Waals surface area (Å²) in [7, 11) is -0.827. The normalized spacial score (nSPS) is 18.5. The van der Waals surface area contributed by atoms with Gasteiger partial charge in [0, 0.05) is 19.8 Å². The van der Waals surface area contributed by atoms with Crippen molar-refractivity contribution in [1.82, 2.24) is 4.90 Å². The molecule has 2 aromatic carbocycles. The molecule has 2 atom stereocenters. The van der Waals surface area contributed by atoms with Gasteiger partial charge in [-0.3, -0.25) is 9.36 Å². The Morgan fingerprint density at radius 2 is 1.58 bits per heavy atom. The number of hydrogen-bond donors (Lipinski definition) is 0. The molecule has 0 N–H and O–H groups in total. The van der Waals surface area contributed by atoms with Crippen LogP contribution >= 0.6 is 7.60 Å². The van der Waals surface area contributed by atoms with Gasteiger partial charge in [-0.2, -0.15) is 0 Å². The van der Waals surface area contributed by atoms with Crippen LogP contribution in [-0.2, 0) is 13.6 Å². The molecule has 24 heavy (non-hydrogen) atoms. The fraction of sp³-hybridized carbons (Fsp3) is 0.278. The standard InChI is InChI=1S/C18H20NO4P/c1-13(14-9-5-4-6-10-14)19-17(20)15-11-7-8-12-16(15)18(19)24(21,22-2)23-3/h4-13,18H,1-3H3/t13-,18+/m0/s1. The minimum atomic E-state index is -3.52. The van der Waals surface area contributed by atoms with Gasteiger partial charge in [-0.1, -0.05) is 48.5 Å². The van der Waals surface area contributed by atoms with Gasteiger partial charge in [0.25, 0.3) is 5.91 Å². The van der Waals surface area contributed by atoms with Gasteiger partial charge in [0.1, 0.15) is 0 Å². The van der Waals surface area contributed by atoms with Crippen LogP contribution in [0.4, 0.5) is 0 Å². The summed E-state index contributed by atoms with van der Waals surface area (Å²) in [5.74, 6) is -0.923. The van der Waals surface area contributed by atoms with Gasteiger partial charge in [0.05, 0.1) is 6.04 Å². The first-order chi connectivity index (χ1) is 11.5. The maximum absolute atomic E-state index is 13.2. The third kappa shape index (κ3) is 2.59. The Balaban J connectivity index is 2.14. The second-order valence-electron chi connectivity index (χ2n) is 5.66. The smallest absolute Gasteiger partial charge is 0.313 e. The molecular formula is C18H20NO4P. The van der Waals surface area contributed by atoms with Crippen LogP contribution in [0.2, 0.25) is 0 Å². The van der Waals surface area contributed by atoms with E-state index in [9.17, 15) is 9.36 Å². The molecule has 0 fully saturated rings. The molecule has 0 unspecified atom stereocenters. The molecule has 1 amide bonds. The van der Waals surface area contributed by atoms with Crippen molar-refractivity contribution in [2.45, 2.75) is 18.7 Å². The van der Waals surface area contributed by atoms with Crippen LogP contribution in [0.15, 0.2) is 54.6 Å². The lowest BCUT2D eigenvalue weighted by Gasteiger charge is -2.34. The van der Waals surface area contributed by atoms with Crippen LogP contribution in [0.1, 0.15) is 40.2 Å². The molecule has 0 aromatic heterocycles. The summed E-state index contributed by atoms with van der Waals surface area (Å²) in [6.07, 6.45) is 0. The monoisotopic (exact) mass is 345 g/mol. The largest absolute Gasteiger partial charge is 0.357 e. The fourth-order valence-corrected chi connectivity index (χ4v) is 4.92. The van der Waals surface area contributed by atoms with Crippen LogP contribution in [0.5, 0.6) is 0 Å². The Bertz CT molecular complexity index is 785. The number of carbonyl (C=O) groups excluding carboxylic acids is 1. The van der Waals surface area contributed by atoms with Crippen molar-refractivity contribution in [2.75, 3.05) is 14.2 Å². The van der Waals surface area contributed by atoms with E-state index < -0.39 is 13.4 Å². The van der Waals surface area contributed by atoms with Crippen molar-refractivity contribution in [3.63, 3.8) is 0 Å². The van der Waals surface area contributed by atoms with Gasteiger partial charge >= 0.3 is 7.60 Å². The fourth-order valence-electron chi connectivity index (χ4n) is 3.19. The van der Waals surface area contributed by atoms with Crippen LogP contribution in [0.25, 0.3) is 0 Å². The highest BCUT2D eigenvalue weighted by Crippen LogP contribution is 2.65. The van der Waals surface area contributed by atoms with E-state index in [2.05, 4.69) is 0 Å². The second-order valence-corrected chi connectivity index (χ2v) is 7.96. The average Bonchev–Trinajstić information content (AvgIpc) is 2.95. The summed E-state index contributed by atoms with van der Waals surface area (Å²) in [6.45, 7) is 1.92. The summed E-state index contributed by atoms with van der Waals surface area (Å²) < 4.78 is 23.6. The highest BCUT2D eigenvalue weighted by molar-refractivity contribution is 7.54. The molecule has 0 saturated heterocycles. The highest BCUT2D eigenvalue weighted by Gasteiger charge is 2.50. The molecule has 1 aliphatic rings. The summed E-state index contributed by atoms with van der Waals surface area (Å²) in [6, 6.07) is 16.6. The van der Waals surface area contributed by atoms with Gasteiger partial charge in [0.2, 0.25) is 0 Å². The third-order valence-corrected chi connectivity index (χ3v) is 6.62. The lowest BCUT2D eigenvalue weighted by molar-refractivity contribution is 0.0673. The van der Waals surface area contributed by atoms with Crippen molar-refractivity contribution in [3.05, 3.63) is 71.3 Å². The maximum Gasteiger partial charge on any atom is 0.357 e. The van der Waals surface area contributed by atoms with E-state index in [-0.39, 0.29) is 11.9 Å². The summed E-state index contributed by atoms with van der Waals surface area (Å²) in [5.41, 5.74) is 2.18. The molecule has 0 saturated carbocycles. The number of nitrogens with zero attached hydrogens (tertiary/aromatic N) is 1. The maximum atomic E-state index is 13.2. The van der Waals surface area contributed by atoms with Gasteiger partial charge < -0.3 is 13.9 Å². The average molecular weight is 345 g/mol. The number of carbonyl (C=O) groups is 1. The molecule has 0 bridgehead atoms. The summed E-state index contributed by atoms with van der Waals surface area (Å²) >= 11 is 0. The van der Waals surface area contributed by atoms with Crippen LogP contribution in [0, 0.1) is 0 Å². The first kappa shape index (κ1) is 16.9. The number of amides is 1. The number of rotatable bonds is 5. The topological polar surface area (TPSA) is 55.8 Å². The predicted molar refractivity (Wildman–Crippen MR) is 91.8 cm³/mol. The van der Waals surface area contributed by atoms with Gasteiger partial charge in [-0.15, -0.1) is 0 Å². The van der Waals surface area contributed by atoms with Crippen molar-refractivity contribution in [3.8, 4) is 0 Å². The third-order valence-electron chi connectivity index (χ3n) is 4.48. The number of fused-ring (bicyclic) bond motifs is 1. The van der Waals surface area contributed by atoms with Gasteiger partial charge in [0.15, 0.2) is 5.78 Å². The van der Waals surface area contributed by atoms with Crippen LogP contribution < -0.4 is 0 Å². The van der Waals surface area contributed by atoms with E-state index in [0.717, 1.165) is 5.56 Å². The van der Waals surface area contributed by atoms with E-state index in [4.69, 9.17) is 9.05 Å². The summed E-state index contributed by atoms with van der Waals surface area (Å²) in [4.78, 5) is 14.6. The molecular weight excluding hydrogens is 325 g/mol. The molecule has 6 heteroatoms. The quantitative estimate of drug-likeness (QED) is 0.754. The molecule has 1 heterocycles. The van der Waals surface area contributed by atoms with Crippen LogP contribution in [-0.4, -0.2) is 25.0 Å². The van der Waals surface area contributed by atoms with E-state index in [1.54, 1.807) is 23.1 Å². The number of benzene rings is 2. The van der Waals surface area contributed by atoms with Crippen molar-refractivity contribution in [1.29, 1.82) is 0 Å². The molecule has 0 aliphatic carbocycles. The Kier molecular flexibility index (Phi) is 4.59. The lowest BCUT2D eigenvalue weighted by atomic mass is 10.1. The van der Waals surface area contributed by atoms with Gasteiger partial charge in [-0.25, -0.2) is 0 Å². The first-order valence-corrected chi connectivity index (χ1v) is 9.32. The molecule has 126 valence electrons. The zero-order valence-electron chi connectivity index (χ0n) is 13.9. The van der Waals surface area contributed by atoms with Crippen molar-refractivity contribution >= 4 is 13.5 Å². The predicted octanol–water partition coefficient (Wildman–Crippen LogP) is 4.39. The van der Waals surface area contributed by atoms with E-state index in [0.29, 0.717) is 11.1 Å². The molecule has 5 nitrogen and oxygen atoms in total. The Morgan fingerprint density at radius 1 is 1.00 bits per heavy atom. The Labute approximate surface area is 141 Å². The van der Waals surface area contributed by atoms with Crippen molar-refractivity contribution in [2.24, 2.45) is 0 Å². The minimum absolute atomic E-state index is 0.165. The minimum Gasteiger partial charge on any atom is -0.313 e. The molecule has 3 rings (SSSR count). The zero-order valence-corrected chi connectivity index (χ0v) is 14.8. The Hall–Kier alpha value is -1.94. The zero-order chi connectivity index (χ0) is 17.3. The van der Waals surface area contributed by atoms with E-state index in [1.165, 1.54) is 14.2 Å². The van der Waals surface area contributed by atoms with Gasteiger partial charge in [-0.05, 0) is 24.1 Å². The van der Waals surface area contributed by atoms with E-state index >= 15 is 0 Å². The van der Waals surface area contributed by atoms with Crippen molar-refractivity contribution < 1.29 is 18.4 Å². The Morgan fingerprint density at radius 3 is 2.21 bits per heavy atom.